The normalized spacial score (nSPS) is 14.0. The van der Waals surface area contributed by atoms with E-state index in [-0.39, 0.29) is 17.6 Å². The van der Waals surface area contributed by atoms with Crippen molar-refractivity contribution in [3.05, 3.63) is 35.5 Å². The fraction of sp³-hybridized carbons (Fsp3) is 0.385. The van der Waals surface area contributed by atoms with E-state index in [9.17, 15) is 9.18 Å². The minimum Gasteiger partial charge on any atom is -0.323 e. The van der Waals surface area contributed by atoms with Crippen LogP contribution in [0.25, 0.3) is 0 Å². The van der Waals surface area contributed by atoms with Crippen molar-refractivity contribution in [1.82, 2.24) is 0 Å². The summed E-state index contributed by atoms with van der Waals surface area (Å²) in [7, 11) is 0. The standard InChI is InChI=1S/C13H15FNO/c1-8(2)13(16)15-11-7-6-9-4-3-5-10(9)12(11)14/h3,6-8H,4-5H2,1-2H3,(H,15,16). The lowest BCUT2D eigenvalue weighted by Gasteiger charge is -2.11. The maximum absolute atomic E-state index is 14.0. The molecule has 1 amide bonds. The van der Waals surface area contributed by atoms with E-state index in [2.05, 4.69) is 5.32 Å². The van der Waals surface area contributed by atoms with Gasteiger partial charge in [-0.05, 0) is 36.5 Å². The molecular formula is C13H15FNO. The van der Waals surface area contributed by atoms with Crippen molar-refractivity contribution < 1.29 is 9.18 Å². The highest BCUT2D eigenvalue weighted by molar-refractivity contribution is 5.92. The zero-order chi connectivity index (χ0) is 11.7. The molecule has 0 heterocycles. The van der Waals surface area contributed by atoms with Gasteiger partial charge in [0.2, 0.25) is 5.91 Å². The minimum atomic E-state index is -0.278. The predicted octanol–water partition coefficient (Wildman–Crippen LogP) is 2.72. The third-order valence-electron chi connectivity index (χ3n) is 2.84. The molecule has 2 nitrogen and oxygen atoms in total. The Kier molecular flexibility index (Phi) is 2.95. The fourth-order valence-electron chi connectivity index (χ4n) is 1.82. The van der Waals surface area contributed by atoms with Gasteiger partial charge in [-0.3, -0.25) is 4.79 Å². The van der Waals surface area contributed by atoms with Crippen LogP contribution in [0.1, 0.15) is 25.0 Å². The summed E-state index contributed by atoms with van der Waals surface area (Å²) in [6.45, 7) is 3.57. The lowest BCUT2D eigenvalue weighted by molar-refractivity contribution is -0.118. The molecule has 0 atom stereocenters. The molecule has 0 saturated heterocycles. The van der Waals surface area contributed by atoms with Gasteiger partial charge in [0.15, 0.2) is 0 Å². The second-order valence-corrected chi connectivity index (χ2v) is 4.41. The Hall–Kier alpha value is -1.38. The second-order valence-electron chi connectivity index (χ2n) is 4.41. The number of fused-ring (bicyclic) bond motifs is 1. The van der Waals surface area contributed by atoms with Crippen LogP contribution in [0.2, 0.25) is 0 Å². The summed E-state index contributed by atoms with van der Waals surface area (Å²) >= 11 is 0. The van der Waals surface area contributed by atoms with Crippen LogP contribution in [0.4, 0.5) is 10.1 Å². The molecule has 1 aliphatic carbocycles. The molecule has 16 heavy (non-hydrogen) atoms. The Labute approximate surface area is 94.9 Å². The Morgan fingerprint density at radius 2 is 2.12 bits per heavy atom. The van der Waals surface area contributed by atoms with Gasteiger partial charge >= 0.3 is 0 Å². The highest BCUT2D eigenvalue weighted by Crippen LogP contribution is 2.28. The molecule has 1 aromatic rings. The summed E-state index contributed by atoms with van der Waals surface area (Å²) in [4.78, 5) is 11.5. The van der Waals surface area contributed by atoms with E-state index in [4.69, 9.17) is 0 Å². The molecular weight excluding hydrogens is 205 g/mol. The number of carbonyl (C=O) groups is 1. The second kappa shape index (κ2) is 4.24. The van der Waals surface area contributed by atoms with Gasteiger partial charge in [-0.15, -0.1) is 0 Å². The van der Waals surface area contributed by atoms with Gasteiger partial charge in [-0.2, -0.15) is 0 Å². The quantitative estimate of drug-likeness (QED) is 0.815. The first kappa shape index (κ1) is 11.1. The van der Waals surface area contributed by atoms with Crippen LogP contribution in [-0.4, -0.2) is 5.91 Å². The number of amides is 1. The molecule has 85 valence electrons. The largest absolute Gasteiger partial charge is 0.323 e. The third kappa shape index (κ3) is 1.94. The Bertz CT molecular complexity index is 426. The van der Waals surface area contributed by atoms with Gasteiger partial charge in [-0.1, -0.05) is 19.9 Å². The number of halogens is 1. The first-order valence-electron chi connectivity index (χ1n) is 5.52. The molecule has 1 radical (unpaired) electrons. The van der Waals surface area contributed by atoms with E-state index < -0.39 is 0 Å². The van der Waals surface area contributed by atoms with Crippen molar-refractivity contribution in [3.63, 3.8) is 0 Å². The van der Waals surface area contributed by atoms with E-state index in [1.807, 2.05) is 12.5 Å². The average molecular weight is 220 g/mol. The van der Waals surface area contributed by atoms with Crippen molar-refractivity contribution in [3.8, 4) is 0 Å². The topological polar surface area (TPSA) is 29.1 Å². The van der Waals surface area contributed by atoms with Crippen LogP contribution in [0.5, 0.6) is 0 Å². The maximum atomic E-state index is 14.0. The monoisotopic (exact) mass is 220 g/mol. The maximum Gasteiger partial charge on any atom is 0.227 e. The molecule has 0 bridgehead atoms. The summed E-state index contributed by atoms with van der Waals surface area (Å²) in [6.07, 6.45) is 3.53. The van der Waals surface area contributed by atoms with Gasteiger partial charge in [0.25, 0.3) is 0 Å². The van der Waals surface area contributed by atoms with Gasteiger partial charge in [0.05, 0.1) is 5.69 Å². The molecule has 1 N–H and O–H groups in total. The SMILES string of the molecule is CC(C)C(=O)Nc1ccc2c(c1F)C[CH]C2. The van der Waals surface area contributed by atoms with Crippen LogP contribution in [0.15, 0.2) is 12.1 Å². The molecule has 0 unspecified atom stereocenters. The Morgan fingerprint density at radius 3 is 2.81 bits per heavy atom. The first-order chi connectivity index (χ1) is 7.59. The Balaban J connectivity index is 2.26. The summed E-state index contributed by atoms with van der Waals surface area (Å²) in [5.41, 5.74) is 2.05. The molecule has 0 spiro atoms. The van der Waals surface area contributed by atoms with Crippen LogP contribution >= 0.6 is 0 Å². The van der Waals surface area contributed by atoms with Crippen LogP contribution in [-0.2, 0) is 17.6 Å². The van der Waals surface area contributed by atoms with Crippen LogP contribution < -0.4 is 5.32 Å². The number of hydrogen-bond acceptors (Lipinski definition) is 1. The van der Waals surface area contributed by atoms with Crippen molar-refractivity contribution in [2.75, 3.05) is 5.32 Å². The Morgan fingerprint density at radius 1 is 1.38 bits per heavy atom. The number of carbonyl (C=O) groups excluding carboxylic acids is 1. The smallest absolute Gasteiger partial charge is 0.227 e. The fourth-order valence-corrected chi connectivity index (χ4v) is 1.82. The molecule has 0 saturated carbocycles. The van der Waals surface area contributed by atoms with Crippen LogP contribution in [0.3, 0.4) is 0 Å². The lowest BCUT2D eigenvalue weighted by Crippen LogP contribution is -2.18. The highest BCUT2D eigenvalue weighted by atomic mass is 19.1. The summed E-state index contributed by atoms with van der Waals surface area (Å²) in [5, 5.41) is 2.61. The van der Waals surface area contributed by atoms with E-state index in [1.54, 1.807) is 19.9 Å². The highest BCUT2D eigenvalue weighted by Gasteiger charge is 2.19. The molecule has 3 heteroatoms. The van der Waals surface area contributed by atoms with Gasteiger partial charge in [-0.25, -0.2) is 4.39 Å². The van der Waals surface area contributed by atoms with E-state index in [1.165, 1.54) is 0 Å². The molecule has 0 aliphatic heterocycles. The number of nitrogens with one attached hydrogen (secondary N) is 1. The van der Waals surface area contributed by atoms with E-state index in [0.717, 1.165) is 17.5 Å². The summed E-state index contributed by atoms with van der Waals surface area (Å²) in [6, 6.07) is 3.53. The third-order valence-corrected chi connectivity index (χ3v) is 2.84. The number of anilines is 1. The number of benzene rings is 1. The van der Waals surface area contributed by atoms with E-state index in [0.29, 0.717) is 12.1 Å². The van der Waals surface area contributed by atoms with Gasteiger partial charge in [0.1, 0.15) is 5.82 Å². The average Bonchev–Trinajstić information content (AvgIpc) is 2.70. The lowest BCUT2D eigenvalue weighted by atomic mass is 10.1. The molecule has 1 aromatic carbocycles. The first-order valence-corrected chi connectivity index (χ1v) is 5.52. The molecule has 2 rings (SSSR count). The zero-order valence-electron chi connectivity index (χ0n) is 9.51. The van der Waals surface area contributed by atoms with Crippen molar-refractivity contribution in [2.45, 2.75) is 26.7 Å². The van der Waals surface area contributed by atoms with Crippen molar-refractivity contribution >= 4 is 11.6 Å². The van der Waals surface area contributed by atoms with Crippen molar-refractivity contribution in [1.29, 1.82) is 0 Å². The van der Waals surface area contributed by atoms with E-state index >= 15 is 0 Å². The van der Waals surface area contributed by atoms with Gasteiger partial charge < -0.3 is 5.32 Å². The molecule has 0 fully saturated rings. The zero-order valence-corrected chi connectivity index (χ0v) is 9.51. The van der Waals surface area contributed by atoms with Gasteiger partial charge in [0, 0.05) is 5.92 Å². The number of rotatable bonds is 2. The number of hydrogen-bond donors (Lipinski definition) is 1. The molecule has 0 aromatic heterocycles. The predicted molar refractivity (Wildman–Crippen MR) is 61.6 cm³/mol. The van der Waals surface area contributed by atoms with Crippen molar-refractivity contribution in [2.24, 2.45) is 5.92 Å². The minimum absolute atomic E-state index is 0.140. The summed E-state index contributed by atoms with van der Waals surface area (Å²) in [5.74, 6) is -0.569. The molecule has 1 aliphatic rings. The van der Waals surface area contributed by atoms with Crippen LogP contribution in [0, 0.1) is 18.2 Å². The summed E-state index contributed by atoms with van der Waals surface area (Å²) < 4.78 is 14.0.